The number of nitrogens with zero attached hydrogens (tertiary/aromatic N) is 1. The van der Waals surface area contributed by atoms with Gasteiger partial charge in [-0.2, -0.15) is 0 Å². The first kappa shape index (κ1) is 15.4. The van der Waals surface area contributed by atoms with Crippen molar-refractivity contribution in [1.29, 1.82) is 0 Å². The number of hydrazine groups is 1. The molecule has 0 saturated carbocycles. The fraction of sp³-hybridized carbons (Fsp3) is 0.533. The normalized spacial score (nSPS) is 22.0. The van der Waals surface area contributed by atoms with E-state index in [-0.39, 0.29) is 12.1 Å². The standard InChI is InChI=1S/C15H22N2O2Se/c1-3-12-10-13(17(16-12)15(18)19-4-2)11-20-14-8-6-5-7-9-14/h5-9,12-13,16H,3-4,10-11H2,1-2H3. The van der Waals surface area contributed by atoms with Crippen LogP contribution in [0.1, 0.15) is 26.7 Å². The van der Waals surface area contributed by atoms with Gasteiger partial charge in [0.05, 0.1) is 0 Å². The first-order chi connectivity index (χ1) is 9.74. The number of hydrogen-bond acceptors (Lipinski definition) is 3. The minimum absolute atomic E-state index is 0.239. The fourth-order valence-corrected chi connectivity index (χ4v) is 4.43. The molecule has 2 rings (SSSR count). The van der Waals surface area contributed by atoms with Gasteiger partial charge < -0.3 is 0 Å². The zero-order valence-electron chi connectivity index (χ0n) is 12.0. The molecule has 1 heterocycles. The van der Waals surface area contributed by atoms with Crippen LogP contribution in [0.4, 0.5) is 4.79 Å². The number of hydrogen-bond donors (Lipinski definition) is 1. The Balaban J connectivity index is 1.94. The minimum atomic E-state index is -0.239. The zero-order valence-corrected chi connectivity index (χ0v) is 13.8. The maximum atomic E-state index is 12.0. The average Bonchev–Trinajstić information content (AvgIpc) is 2.90. The molecule has 4 nitrogen and oxygen atoms in total. The van der Waals surface area contributed by atoms with Crippen LogP contribution in [-0.2, 0) is 4.74 Å². The van der Waals surface area contributed by atoms with Crippen LogP contribution in [0.3, 0.4) is 0 Å². The molecular weight excluding hydrogens is 319 g/mol. The van der Waals surface area contributed by atoms with Crippen molar-refractivity contribution in [3.05, 3.63) is 30.3 Å². The van der Waals surface area contributed by atoms with Crippen molar-refractivity contribution in [1.82, 2.24) is 10.4 Å². The summed E-state index contributed by atoms with van der Waals surface area (Å²) >= 11 is 0.390. The molecule has 1 fully saturated rings. The monoisotopic (exact) mass is 342 g/mol. The Morgan fingerprint density at radius 1 is 1.40 bits per heavy atom. The summed E-state index contributed by atoms with van der Waals surface area (Å²) in [5.41, 5.74) is 3.28. The Morgan fingerprint density at radius 2 is 2.15 bits per heavy atom. The molecule has 20 heavy (non-hydrogen) atoms. The van der Waals surface area contributed by atoms with Crippen molar-refractivity contribution in [2.24, 2.45) is 0 Å². The molecular formula is C15H22N2O2Se. The van der Waals surface area contributed by atoms with Crippen LogP contribution >= 0.6 is 0 Å². The van der Waals surface area contributed by atoms with E-state index < -0.39 is 0 Å². The summed E-state index contributed by atoms with van der Waals surface area (Å²) in [7, 11) is 0. The molecule has 1 amide bonds. The number of carbonyl (C=O) groups is 1. The number of benzene rings is 1. The van der Waals surface area contributed by atoms with E-state index in [1.54, 1.807) is 5.01 Å². The third kappa shape index (κ3) is 3.98. The Morgan fingerprint density at radius 3 is 2.80 bits per heavy atom. The summed E-state index contributed by atoms with van der Waals surface area (Å²) in [4.78, 5) is 12.0. The molecule has 0 spiro atoms. The van der Waals surface area contributed by atoms with E-state index in [4.69, 9.17) is 4.74 Å². The van der Waals surface area contributed by atoms with Gasteiger partial charge in [0.2, 0.25) is 0 Å². The first-order valence-electron chi connectivity index (χ1n) is 7.14. The molecule has 0 aromatic heterocycles. The van der Waals surface area contributed by atoms with Crippen molar-refractivity contribution in [3.63, 3.8) is 0 Å². The van der Waals surface area contributed by atoms with Crippen LogP contribution in [-0.4, -0.2) is 44.7 Å². The summed E-state index contributed by atoms with van der Waals surface area (Å²) in [5, 5.41) is 2.74. The molecule has 5 heteroatoms. The van der Waals surface area contributed by atoms with E-state index in [0.29, 0.717) is 27.6 Å². The number of amides is 1. The first-order valence-corrected chi connectivity index (χ1v) is 9.21. The Kier molecular flexibility index (Phi) is 5.89. The summed E-state index contributed by atoms with van der Waals surface area (Å²) in [6.45, 7) is 4.41. The molecule has 1 aromatic rings. The summed E-state index contributed by atoms with van der Waals surface area (Å²) in [6, 6.07) is 11.1. The summed E-state index contributed by atoms with van der Waals surface area (Å²) < 4.78 is 6.51. The SMILES string of the molecule is CCOC(=O)N1NC(CC)CC1C[Se]c1ccccc1. The molecule has 1 aliphatic rings. The van der Waals surface area contributed by atoms with Crippen molar-refractivity contribution in [3.8, 4) is 0 Å². The van der Waals surface area contributed by atoms with Crippen molar-refractivity contribution in [2.75, 3.05) is 6.61 Å². The average molecular weight is 341 g/mol. The van der Waals surface area contributed by atoms with Crippen LogP contribution < -0.4 is 9.89 Å². The van der Waals surface area contributed by atoms with Crippen LogP contribution in [0.25, 0.3) is 0 Å². The van der Waals surface area contributed by atoms with E-state index in [1.165, 1.54) is 4.46 Å². The molecule has 2 atom stereocenters. The van der Waals surface area contributed by atoms with Crippen LogP contribution in [0.15, 0.2) is 30.3 Å². The predicted molar refractivity (Wildman–Crippen MR) is 81.1 cm³/mol. The molecule has 0 aliphatic carbocycles. The van der Waals surface area contributed by atoms with Gasteiger partial charge in [-0.3, -0.25) is 0 Å². The second-order valence-corrected chi connectivity index (χ2v) is 7.11. The summed E-state index contributed by atoms with van der Waals surface area (Å²) in [6.07, 6.45) is 1.81. The van der Waals surface area contributed by atoms with Gasteiger partial charge in [-0.05, 0) is 0 Å². The number of ether oxygens (including phenoxy) is 1. The second-order valence-electron chi connectivity index (χ2n) is 4.82. The van der Waals surface area contributed by atoms with Gasteiger partial charge in [-0.25, -0.2) is 0 Å². The van der Waals surface area contributed by atoms with Gasteiger partial charge in [0, 0.05) is 0 Å². The maximum absolute atomic E-state index is 12.0. The van der Waals surface area contributed by atoms with E-state index in [1.807, 2.05) is 13.0 Å². The van der Waals surface area contributed by atoms with Gasteiger partial charge in [0.1, 0.15) is 0 Å². The van der Waals surface area contributed by atoms with Crippen molar-refractivity contribution < 1.29 is 9.53 Å². The predicted octanol–water partition coefficient (Wildman–Crippen LogP) is 1.95. The van der Waals surface area contributed by atoms with Gasteiger partial charge in [-0.1, -0.05) is 0 Å². The fourth-order valence-electron chi connectivity index (χ4n) is 2.29. The second kappa shape index (κ2) is 7.67. The molecule has 1 aromatic carbocycles. The van der Waals surface area contributed by atoms with Gasteiger partial charge in [0.25, 0.3) is 0 Å². The third-order valence-corrected chi connectivity index (χ3v) is 5.81. The van der Waals surface area contributed by atoms with Crippen LogP contribution in [0.2, 0.25) is 5.32 Å². The van der Waals surface area contributed by atoms with Gasteiger partial charge in [-0.15, -0.1) is 0 Å². The van der Waals surface area contributed by atoms with E-state index in [9.17, 15) is 4.79 Å². The Labute approximate surface area is 127 Å². The van der Waals surface area contributed by atoms with E-state index in [0.717, 1.165) is 18.2 Å². The Bertz CT molecular complexity index is 427. The van der Waals surface area contributed by atoms with Gasteiger partial charge >= 0.3 is 127 Å². The molecule has 2 unspecified atom stereocenters. The topological polar surface area (TPSA) is 41.6 Å². The van der Waals surface area contributed by atoms with E-state index >= 15 is 0 Å². The molecule has 0 bridgehead atoms. The molecule has 110 valence electrons. The number of rotatable bonds is 5. The van der Waals surface area contributed by atoms with E-state index in [2.05, 4.69) is 36.6 Å². The van der Waals surface area contributed by atoms with Crippen LogP contribution in [0, 0.1) is 0 Å². The third-order valence-electron chi connectivity index (χ3n) is 3.39. The molecule has 1 aliphatic heterocycles. The summed E-state index contributed by atoms with van der Waals surface area (Å²) in [5.74, 6) is 0. The molecule has 0 radical (unpaired) electrons. The quantitative estimate of drug-likeness (QED) is 0.833. The number of carbonyl (C=O) groups excluding carboxylic acids is 1. The number of nitrogens with one attached hydrogen (secondary N) is 1. The molecule has 1 saturated heterocycles. The zero-order chi connectivity index (χ0) is 14.4. The Hall–Kier alpha value is -1.03. The van der Waals surface area contributed by atoms with Gasteiger partial charge in [0.15, 0.2) is 0 Å². The molecule has 1 N–H and O–H groups in total. The van der Waals surface area contributed by atoms with Crippen molar-refractivity contribution >= 4 is 25.5 Å². The van der Waals surface area contributed by atoms with Crippen molar-refractivity contribution in [2.45, 2.75) is 44.1 Å². The van der Waals surface area contributed by atoms with Crippen LogP contribution in [0.5, 0.6) is 0 Å².